The molecule has 0 amide bonds. The molecule has 0 radical (unpaired) electrons. The van der Waals surface area contributed by atoms with Crippen molar-refractivity contribution in [1.29, 1.82) is 0 Å². The van der Waals surface area contributed by atoms with Crippen LogP contribution in [0.4, 0.5) is 0 Å². The minimum atomic E-state index is -0.624. The zero-order chi connectivity index (χ0) is 11.4. The molecule has 2 aliphatic rings. The molecule has 16 heavy (non-hydrogen) atoms. The second-order valence-electron chi connectivity index (χ2n) is 3.82. The third kappa shape index (κ3) is 2.80. The van der Waals surface area contributed by atoms with Gasteiger partial charge in [-0.05, 0) is 0 Å². The summed E-state index contributed by atoms with van der Waals surface area (Å²) in [6, 6.07) is 0. The van der Waals surface area contributed by atoms with Crippen LogP contribution in [0.15, 0.2) is 36.5 Å². The summed E-state index contributed by atoms with van der Waals surface area (Å²) in [4.78, 5) is 0. The third-order valence-electron chi connectivity index (χ3n) is 2.60. The largest absolute Gasteiger partial charge is 0.386 e. The highest BCUT2D eigenvalue weighted by Crippen LogP contribution is 2.13. The second-order valence-corrected chi connectivity index (χ2v) is 3.82. The highest BCUT2D eigenvalue weighted by Gasteiger charge is 2.20. The molecule has 0 aliphatic carbocycles. The van der Waals surface area contributed by atoms with Crippen molar-refractivity contribution in [2.24, 2.45) is 0 Å². The average molecular weight is 224 g/mol. The Kier molecular flexibility index (Phi) is 3.90. The van der Waals surface area contributed by atoms with Crippen molar-refractivity contribution < 1.29 is 19.7 Å². The molecule has 0 aromatic heterocycles. The van der Waals surface area contributed by atoms with Gasteiger partial charge >= 0.3 is 0 Å². The first kappa shape index (κ1) is 11.5. The number of aliphatic hydroxyl groups is 2. The second kappa shape index (κ2) is 5.41. The Morgan fingerprint density at radius 1 is 0.875 bits per heavy atom. The van der Waals surface area contributed by atoms with Gasteiger partial charge in [0.05, 0.1) is 13.2 Å². The van der Waals surface area contributed by atoms with Crippen molar-refractivity contribution >= 4 is 0 Å². The fourth-order valence-electron chi connectivity index (χ4n) is 1.70. The molecular formula is C12H16O4. The Labute approximate surface area is 94.5 Å². The van der Waals surface area contributed by atoms with Gasteiger partial charge in [0.2, 0.25) is 0 Å². The molecule has 2 rings (SSSR count). The van der Waals surface area contributed by atoms with Crippen molar-refractivity contribution in [3.8, 4) is 0 Å². The number of hydrogen-bond donors (Lipinski definition) is 2. The minimum Gasteiger partial charge on any atom is -0.386 e. The SMILES string of the molecule is O[C@@H]1C=CCO[C@@H]1C=C[C@H]1OCC=C[C@H]1O. The molecule has 4 nitrogen and oxygen atoms in total. The van der Waals surface area contributed by atoms with E-state index in [1.165, 1.54) is 0 Å². The highest BCUT2D eigenvalue weighted by molar-refractivity contribution is 5.10. The van der Waals surface area contributed by atoms with Crippen LogP contribution in [0.2, 0.25) is 0 Å². The predicted octanol–water partition coefficient (Wildman–Crippen LogP) is 0.174. The summed E-state index contributed by atoms with van der Waals surface area (Å²) in [7, 11) is 0. The zero-order valence-corrected chi connectivity index (χ0v) is 8.90. The lowest BCUT2D eigenvalue weighted by Gasteiger charge is -2.24. The molecule has 2 aliphatic heterocycles. The lowest BCUT2D eigenvalue weighted by Crippen LogP contribution is -2.32. The lowest BCUT2D eigenvalue weighted by molar-refractivity contribution is 0.00399. The topological polar surface area (TPSA) is 58.9 Å². The lowest BCUT2D eigenvalue weighted by atomic mass is 10.1. The Balaban J connectivity index is 1.93. The van der Waals surface area contributed by atoms with E-state index in [1.54, 1.807) is 36.5 Å². The maximum Gasteiger partial charge on any atom is 0.106 e. The van der Waals surface area contributed by atoms with E-state index in [9.17, 15) is 10.2 Å². The maximum atomic E-state index is 9.58. The molecule has 0 saturated carbocycles. The van der Waals surface area contributed by atoms with Crippen LogP contribution in [0.25, 0.3) is 0 Å². The Morgan fingerprint density at radius 2 is 1.31 bits per heavy atom. The van der Waals surface area contributed by atoms with Crippen molar-refractivity contribution in [3.05, 3.63) is 36.5 Å². The van der Waals surface area contributed by atoms with Crippen LogP contribution in [-0.4, -0.2) is 47.8 Å². The fourth-order valence-corrected chi connectivity index (χ4v) is 1.70. The van der Waals surface area contributed by atoms with Gasteiger partial charge in [0.1, 0.15) is 24.4 Å². The minimum absolute atomic E-state index is 0.355. The molecule has 0 saturated heterocycles. The molecule has 0 spiro atoms. The van der Waals surface area contributed by atoms with Gasteiger partial charge in [-0.2, -0.15) is 0 Å². The van der Waals surface area contributed by atoms with E-state index < -0.39 is 12.2 Å². The first-order valence-electron chi connectivity index (χ1n) is 5.38. The van der Waals surface area contributed by atoms with Gasteiger partial charge in [-0.3, -0.25) is 0 Å². The van der Waals surface area contributed by atoms with Crippen LogP contribution in [-0.2, 0) is 9.47 Å². The van der Waals surface area contributed by atoms with Crippen molar-refractivity contribution in [3.63, 3.8) is 0 Å². The van der Waals surface area contributed by atoms with Gasteiger partial charge in [0.15, 0.2) is 0 Å². The van der Waals surface area contributed by atoms with E-state index in [0.29, 0.717) is 13.2 Å². The molecule has 0 fully saturated rings. The summed E-state index contributed by atoms with van der Waals surface area (Å²) in [6.07, 6.45) is 8.49. The first-order valence-corrected chi connectivity index (χ1v) is 5.38. The Bertz CT molecular complexity index is 278. The maximum absolute atomic E-state index is 9.58. The molecule has 2 N–H and O–H groups in total. The molecular weight excluding hydrogens is 208 g/mol. The monoisotopic (exact) mass is 224 g/mol. The fraction of sp³-hybridized carbons (Fsp3) is 0.500. The highest BCUT2D eigenvalue weighted by atomic mass is 16.5. The molecule has 0 aromatic carbocycles. The van der Waals surface area contributed by atoms with Crippen molar-refractivity contribution in [2.75, 3.05) is 13.2 Å². The van der Waals surface area contributed by atoms with E-state index in [2.05, 4.69) is 0 Å². The standard InChI is InChI=1S/C12H16O4/c13-9-3-1-7-15-11(9)5-6-12-10(14)4-2-8-16-12/h1-6,9-14H,7-8H2/t9-,10-,11-,12-/m1/s1. The quantitative estimate of drug-likeness (QED) is 0.657. The summed E-state index contributed by atoms with van der Waals surface area (Å²) in [5.74, 6) is 0. The molecule has 0 bridgehead atoms. The predicted molar refractivity (Wildman–Crippen MR) is 58.9 cm³/mol. The average Bonchev–Trinajstić information content (AvgIpc) is 2.30. The third-order valence-corrected chi connectivity index (χ3v) is 2.60. The van der Waals surface area contributed by atoms with Crippen LogP contribution < -0.4 is 0 Å². The van der Waals surface area contributed by atoms with E-state index in [4.69, 9.17) is 9.47 Å². The van der Waals surface area contributed by atoms with Crippen LogP contribution in [0.3, 0.4) is 0 Å². The smallest absolute Gasteiger partial charge is 0.106 e. The first-order chi connectivity index (χ1) is 7.77. The molecule has 88 valence electrons. The van der Waals surface area contributed by atoms with E-state index in [0.717, 1.165) is 0 Å². The summed E-state index contributed by atoms with van der Waals surface area (Å²) in [5.41, 5.74) is 0. The van der Waals surface area contributed by atoms with Gasteiger partial charge in [-0.15, -0.1) is 0 Å². The van der Waals surface area contributed by atoms with E-state index in [-0.39, 0.29) is 12.2 Å². The molecule has 4 atom stereocenters. The Morgan fingerprint density at radius 3 is 1.69 bits per heavy atom. The number of ether oxygens (including phenoxy) is 2. The zero-order valence-electron chi connectivity index (χ0n) is 8.90. The summed E-state index contributed by atoms with van der Waals surface area (Å²) in [6.45, 7) is 1.00. The molecule has 2 heterocycles. The van der Waals surface area contributed by atoms with Crippen LogP contribution in [0.1, 0.15) is 0 Å². The normalized spacial score (nSPS) is 39.4. The van der Waals surface area contributed by atoms with E-state index >= 15 is 0 Å². The molecule has 0 aromatic rings. The van der Waals surface area contributed by atoms with Crippen molar-refractivity contribution in [2.45, 2.75) is 24.4 Å². The number of hydrogen-bond acceptors (Lipinski definition) is 4. The van der Waals surface area contributed by atoms with Gasteiger partial charge in [-0.25, -0.2) is 0 Å². The summed E-state index contributed by atoms with van der Waals surface area (Å²) in [5, 5.41) is 19.2. The number of rotatable bonds is 2. The van der Waals surface area contributed by atoms with E-state index in [1.807, 2.05) is 0 Å². The van der Waals surface area contributed by atoms with Crippen LogP contribution >= 0.6 is 0 Å². The Hall–Kier alpha value is -0.940. The summed E-state index contributed by atoms with van der Waals surface area (Å²) < 4.78 is 10.7. The van der Waals surface area contributed by atoms with Crippen LogP contribution in [0, 0.1) is 0 Å². The molecule has 0 unspecified atom stereocenters. The van der Waals surface area contributed by atoms with Gasteiger partial charge in [-0.1, -0.05) is 36.5 Å². The number of aliphatic hydroxyl groups excluding tert-OH is 2. The van der Waals surface area contributed by atoms with Crippen molar-refractivity contribution in [1.82, 2.24) is 0 Å². The summed E-state index contributed by atoms with van der Waals surface area (Å²) >= 11 is 0. The molecule has 4 heteroatoms. The van der Waals surface area contributed by atoms with Crippen LogP contribution in [0.5, 0.6) is 0 Å². The van der Waals surface area contributed by atoms with Gasteiger partial charge in [0, 0.05) is 0 Å². The van der Waals surface area contributed by atoms with Gasteiger partial charge < -0.3 is 19.7 Å². The van der Waals surface area contributed by atoms with Gasteiger partial charge in [0.25, 0.3) is 0 Å².